The van der Waals surface area contributed by atoms with Crippen LogP contribution in [0.3, 0.4) is 0 Å². The second-order valence-corrected chi connectivity index (χ2v) is 14.7. The van der Waals surface area contributed by atoms with Crippen LogP contribution in [0.2, 0.25) is 0 Å². The first-order valence-electron chi connectivity index (χ1n) is 19.3. The van der Waals surface area contributed by atoms with Gasteiger partial charge in [0.15, 0.2) is 0 Å². The zero-order chi connectivity index (χ0) is 36.3. The first-order valence-corrected chi connectivity index (χ1v) is 19.3. The second-order valence-electron chi connectivity index (χ2n) is 14.7. The highest BCUT2D eigenvalue weighted by Crippen LogP contribution is 2.51. The van der Waals surface area contributed by atoms with Crippen LogP contribution in [0.4, 0.5) is 17.1 Å². The van der Waals surface area contributed by atoms with E-state index in [4.69, 9.17) is 0 Å². The van der Waals surface area contributed by atoms with Crippen LogP contribution in [0.15, 0.2) is 200 Å². The minimum absolute atomic E-state index is 1.02. The molecule has 0 saturated carbocycles. The summed E-state index contributed by atoms with van der Waals surface area (Å²) in [5, 5.41) is 0. The highest BCUT2D eigenvalue weighted by molar-refractivity contribution is 6.08. The zero-order valence-electron chi connectivity index (χ0n) is 30.4. The lowest BCUT2D eigenvalue weighted by molar-refractivity contribution is 1.06. The van der Waals surface area contributed by atoms with E-state index in [0.717, 1.165) is 29.9 Å². The van der Waals surface area contributed by atoms with E-state index in [1.54, 1.807) is 0 Å². The fourth-order valence-electron chi connectivity index (χ4n) is 9.27. The van der Waals surface area contributed by atoms with Crippen LogP contribution in [0.1, 0.15) is 24.0 Å². The van der Waals surface area contributed by atoms with E-state index in [1.807, 2.05) is 0 Å². The van der Waals surface area contributed by atoms with Crippen LogP contribution in [-0.4, -0.2) is 0 Å². The number of hydrogen-bond acceptors (Lipinski definition) is 1. The molecule has 55 heavy (non-hydrogen) atoms. The summed E-state index contributed by atoms with van der Waals surface area (Å²) in [6, 6.07) is 69.6. The number of hydrogen-bond donors (Lipinski definition) is 0. The van der Waals surface area contributed by atoms with Crippen LogP contribution in [-0.2, 0) is 0 Å². The Hall–Kier alpha value is -6.96. The van der Waals surface area contributed by atoms with Crippen molar-refractivity contribution in [1.82, 2.24) is 0 Å². The fraction of sp³-hybridized carbons (Fsp3) is 0.0370. The number of nitrogens with zero attached hydrogens (tertiary/aromatic N) is 1. The Labute approximate surface area is 322 Å². The molecule has 8 aromatic rings. The number of benzene rings is 8. The lowest BCUT2D eigenvalue weighted by Crippen LogP contribution is -2.11. The minimum atomic E-state index is 1.02. The molecule has 0 atom stereocenters. The Morgan fingerprint density at radius 1 is 0.291 bits per heavy atom. The van der Waals surface area contributed by atoms with Crippen molar-refractivity contribution < 1.29 is 0 Å². The molecule has 0 spiro atoms. The van der Waals surface area contributed by atoms with Crippen molar-refractivity contribution in [2.24, 2.45) is 0 Å². The third kappa shape index (κ3) is 5.08. The van der Waals surface area contributed by atoms with Gasteiger partial charge in [0, 0.05) is 17.1 Å². The van der Waals surface area contributed by atoms with Crippen molar-refractivity contribution in [2.75, 3.05) is 4.90 Å². The molecule has 0 bridgehead atoms. The van der Waals surface area contributed by atoms with Crippen molar-refractivity contribution in [1.29, 1.82) is 0 Å². The van der Waals surface area contributed by atoms with Gasteiger partial charge in [0.2, 0.25) is 0 Å². The molecular weight excluding hydrogens is 663 g/mol. The van der Waals surface area contributed by atoms with Crippen molar-refractivity contribution in [3.63, 3.8) is 0 Å². The summed E-state index contributed by atoms with van der Waals surface area (Å²) in [7, 11) is 0. The molecular formula is C54H37N. The van der Waals surface area contributed by atoms with E-state index < -0.39 is 0 Å². The van der Waals surface area contributed by atoms with Crippen molar-refractivity contribution in [3.8, 4) is 66.8 Å². The molecule has 3 aliphatic carbocycles. The first kappa shape index (κ1) is 31.6. The van der Waals surface area contributed by atoms with Gasteiger partial charge in [-0.3, -0.25) is 0 Å². The van der Waals surface area contributed by atoms with Crippen molar-refractivity contribution in [2.45, 2.75) is 12.8 Å². The lowest BCUT2D eigenvalue weighted by Gasteiger charge is -2.30. The van der Waals surface area contributed by atoms with Gasteiger partial charge >= 0.3 is 0 Å². The van der Waals surface area contributed by atoms with Gasteiger partial charge in [-0.25, -0.2) is 0 Å². The Kier molecular flexibility index (Phi) is 7.38. The number of allylic oxidation sites excluding steroid dienone is 4. The van der Waals surface area contributed by atoms with Gasteiger partial charge in [-0.2, -0.15) is 0 Å². The number of rotatable bonds is 3. The Bertz CT molecular complexity index is 2870. The van der Waals surface area contributed by atoms with E-state index >= 15 is 0 Å². The van der Waals surface area contributed by atoms with Gasteiger partial charge < -0.3 is 4.90 Å². The molecule has 0 aliphatic heterocycles. The molecule has 258 valence electrons. The Morgan fingerprint density at radius 3 is 1.15 bits per heavy atom. The SMILES string of the molecule is C1=CC2=C(CC1)c1ccccc1-c1ccccc1-c1ccc(N(c3ccccc3)c3ccc4c(c3)-c3ccccc3-c3ccccc3-c3ccccc3-4)cc12. The van der Waals surface area contributed by atoms with Crippen LogP contribution < -0.4 is 4.90 Å². The summed E-state index contributed by atoms with van der Waals surface area (Å²) < 4.78 is 0. The maximum atomic E-state index is 2.44. The highest BCUT2D eigenvalue weighted by Gasteiger charge is 2.27. The summed E-state index contributed by atoms with van der Waals surface area (Å²) in [4.78, 5) is 2.44. The molecule has 3 aliphatic rings. The van der Waals surface area contributed by atoms with Crippen LogP contribution in [0.25, 0.3) is 77.9 Å². The van der Waals surface area contributed by atoms with Gasteiger partial charge in [-0.1, -0.05) is 164 Å². The lowest BCUT2D eigenvalue weighted by atomic mass is 9.78. The standard InChI is InChI=1S/C54H37N/c1-2-16-36(17-3-1)55(37-30-32-51-47-26-10-8-22-43(47)39-18-4-6-20-41(39)45-24-12-14-28-49(45)53(51)34-37)38-31-33-52-48-27-11-9-23-44(48)40-19-5-7-21-42(40)46-25-13-15-29-50(46)54(52)35-38/h1-12,14-24,26-35H,13,25H2. The third-order valence-electron chi connectivity index (χ3n) is 11.7. The normalized spacial score (nSPS) is 13.2. The Balaban J connectivity index is 1.16. The summed E-state index contributed by atoms with van der Waals surface area (Å²) in [6.45, 7) is 0. The number of para-hydroxylation sites is 1. The molecule has 11 rings (SSSR count). The number of anilines is 3. The molecule has 8 aromatic carbocycles. The maximum absolute atomic E-state index is 2.44. The molecule has 0 amide bonds. The molecule has 0 fully saturated rings. The zero-order valence-corrected chi connectivity index (χ0v) is 30.4. The Morgan fingerprint density at radius 2 is 0.655 bits per heavy atom. The monoisotopic (exact) mass is 699 g/mol. The van der Waals surface area contributed by atoms with Gasteiger partial charge in [0.05, 0.1) is 0 Å². The third-order valence-corrected chi connectivity index (χ3v) is 11.7. The topological polar surface area (TPSA) is 3.24 Å². The largest absolute Gasteiger partial charge is 0.310 e. The molecule has 1 nitrogen and oxygen atoms in total. The van der Waals surface area contributed by atoms with E-state index in [9.17, 15) is 0 Å². The molecule has 0 saturated heterocycles. The summed E-state index contributed by atoms with van der Waals surface area (Å²) in [5.74, 6) is 0. The minimum Gasteiger partial charge on any atom is -0.310 e. The predicted molar refractivity (Wildman–Crippen MR) is 232 cm³/mol. The molecule has 0 heterocycles. The van der Waals surface area contributed by atoms with Crippen LogP contribution in [0.5, 0.6) is 0 Å². The van der Waals surface area contributed by atoms with Crippen LogP contribution in [0, 0.1) is 0 Å². The van der Waals surface area contributed by atoms with Gasteiger partial charge in [0.1, 0.15) is 0 Å². The molecule has 0 unspecified atom stereocenters. The average molecular weight is 700 g/mol. The molecule has 0 N–H and O–H groups in total. The smallest absolute Gasteiger partial charge is 0.0468 e. The first-order chi connectivity index (χ1) is 27.3. The van der Waals surface area contributed by atoms with Gasteiger partial charge in [0.25, 0.3) is 0 Å². The van der Waals surface area contributed by atoms with Crippen LogP contribution >= 0.6 is 0 Å². The molecule has 0 radical (unpaired) electrons. The molecule has 1 heteroatoms. The number of fused-ring (bicyclic) bond motifs is 15. The van der Waals surface area contributed by atoms with E-state index in [2.05, 4.69) is 205 Å². The maximum Gasteiger partial charge on any atom is 0.0468 e. The van der Waals surface area contributed by atoms with E-state index in [1.165, 1.54) is 89.0 Å². The summed E-state index contributed by atoms with van der Waals surface area (Å²) in [5.41, 5.74) is 23.9. The van der Waals surface area contributed by atoms with Crippen molar-refractivity contribution in [3.05, 3.63) is 211 Å². The fourth-order valence-corrected chi connectivity index (χ4v) is 9.27. The highest BCUT2D eigenvalue weighted by atomic mass is 15.1. The van der Waals surface area contributed by atoms with Crippen molar-refractivity contribution >= 4 is 28.2 Å². The quantitative estimate of drug-likeness (QED) is 0.177. The second kappa shape index (κ2) is 12.9. The summed E-state index contributed by atoms with van der Waals surface area (Å²) >= 11 is 0. The molecule has 0 aromatic heterocycles. The van der Waals surface area contributed by atoms with E-state index in [0.29, 0.717) is 0 Å². The average Bonchev–Trinajstić information content (AvgIpc) is 3.26. The summed E-state index contributed by atoms with van der Waals surface area (Å²) in [6.07, 6.45) is 6.79. The predicted octanol–water partition coefficient (Wildman–Crippen LogP) is 15.0. The van der Waals surface area contributed by atoms with E-state index in [-0.39, 0.29) is 0 Å². The van der Waals surface area contributed by atoms with Gasteiger partial charge in [-0.15, -0.1) is 0 Å². The van der Waals surface area contributed by atoms with Gasteiger partial charge in [-0.05, 0) is 138 Å².